The second-order valence-corrected chi connectivity index (χ2v) is 7.36. The molecule has 2 atom stereocenters. The smallest absolute Gasteiger partial charge is 0.356 e. The summed E-state index contributed by atoms with van der Waals surface area (Å²) in [4.78, 5) is 12.4. The summed E-state index contributed by atoms with van der Waals surface area (Å²) < 4.78 is 32.7. The number of benzene rings is 2. The first-order chi connectivity index (χ1) is 14.9. The van der Waals surface area contributed by atoms with Gasteiger partial charge in [-0.25, -0.2) is 13.6 Å². The summed E-state index contributed by atoms with van der Waals surface area (Å²) in [6.07, 6.45) is 1.80. The zero-order valence-electron chi connectivity index (χ0n) is 17.3. The fourth-order valence-electron chi connectivity index (χ4n) is 3.30. The molecule has 8 heteroatoms. The number of aromatic nitrogens is 2. The molecule has 6 nitrogen and oxygen atoms in total. The summed E-state index contributed by atoms with van der Waals surface area (Å²) in [6, 6.07) is 12.2. The summed E-state index contributed by atoms with van der Waals surface area (Å²) in [5.41, 5.74) is 9.20. The number of H-pyrrole nitrogens is 1. The van der Waals surface area contributed by atoms with Gasteiger partial charge in [0.25, 0.3) is 0 Å². The summed E-state index contributed by atoms with van der Waals surface area (Å²) >= 11 is 0. The third kappa shape index (κ3) is 6.70. The van der Waals surface area contributed by atoms with Crippen molar-refractivity contribution in [3.05, 3.63) is 88.7 Å². The highest BCUT2D eigenvalue weighted by molar-refractivity contribution is 5.87. The van der Waals surface area contributed by atoms with E-state index in [9.17, 15) is 13.6 Å². The maximum Gasteiger partial charge on any atom is 0.356 e. The number of carbonyl (C=O) groups excluding carboxylic acids is 1. The number of nitrogens with two attached hydrogens (primary N) is 1. The number of esters is 1. The molecule has 0 radical (unpaired) electrons. The number of carbonyl (C=O) groups is 1. The van der Waals surface area contributed by atoms with Gasteiger partial charge in [-0.3, -0.25) is 5.10 Å². The van der Waals surface area contributed by atoms with Gasteiger partial charge in [0.15, 0.2) is 0 Å². The monoisotopic (exact) mass is 428 g/mol. The van der Waals surface area contributed by atoms with E-state index < -0.39 is 29.7 Å². The van der Waals surface area contributed by atoms with Crippen LogP contribution in [0.1, 0.15) is 34.1 Å². The van der Waals surface area contributed by atoms with Crippen molar-refractivity contribution >= 4 is 5.97 Å². The van der Waals surface area contributed by atoms with E-state index >= 15 is 0 Å². The number of nitrogens with zero attached hydrogens (tertiary/aromatic N) is 1. The van der Waals surface area contributed by atoms with Crippen molar-refractivity contribution in [3.8, 4) is 0 Å². The highest BCUT2D eigenvalue weighted by Gasteiger charge is 2.24. The lowest BCUT2D eigenvalue weighted by atomic mass is 10.0. The van der Waals surface area contributed by atoms with E-state index in [4.69, 9.17) is 10.5 Å². The molecular weight excluding hydrogens is 402 g/mol. The van der Waals surface area contributed by atoms with Gasteiger partial charge in [0.05, 0.1) is 0 Å². The lowest BCUT2D eigenvalue weighted by Crippen LogP contribution is -2.46. The molecule has 1 aromatic heterocycles. The Bertz CT molecular complexity index is 975. The number of rotatable bonds is 10. The van der Waals surface area contributed by atoms with Crippen molar-refractivity contribution in [2.24, 2.45) is 5.73 Å². The van der Waals surface area contributed by atoms with Crippen molar-refractivity contribution < 1.29 is 18.3 Å². The molecule has 2 aromatic carbocycles. The molecule has 1 heterocycles. The van der Waals surface area contributed by atoms with E-state index in [1.54, 1.807) is 0 Å². The minimum Gasteiger partial charge on any atom is -0.455 e. The molecule has 31 heavy (non-hydrogen) atoms. The highest BCUT2D eigenvalue weighted by Crippen LogP contribution is 2.13. The molecular formula is C23H26F2N4O2. The Balaban J connectivity index is 1.67. The van der Waals surface area contributed by atoms with Gasteiger partial charge in [-0.15, -0.1) is 0 Å². The van der Waals surface area contributed by atoms with Crippen LogP contribution in [0.3, 0.4) is 0 Å². The van der Waals surface area contributed by atoms with Crippen LogP contribution in [0.4, 0.5) is 8.78 Å². The SMILES string of the molecule is CCc1cccc(CNC[C@@H](OC(=O)c2ccn[nH]2)[C@@H](N)Cc2cc(F)cc(F)c2)c1. The van der Waals surface area contributed by atoms with Crippen LogP contribution >= 0.6 is 0 Å². The van der Waals surface area contributed by atoms with Gasteiger partial charge >= 0.3 is 5.97 Å². The van der Waals surface area contributed by atoms with Crippen molar-refractivity contribution in [1.82, 2.24) is 15.5 Å². The molecule has 0 aliphatic carbocycles. The molecule has 0 bridgehead atoms. The van der Waals surface area contributed by atoms with Crippen LogP contribution < -0.4 is 11.1 Å². The molecule has 0 aliphatic heterocycles. The lowest BCUT2D eigenvalue weighted by molar-refractivity contribution is 0.0231. The van der Waals surface area contributed by atoms with Crippen LogP contribution in [0.25, 0.3) is 0 Å². The van der Waals surface area contributed by atoms with Crippen LogP contribution in [-0.4, -0.2) is 34.9 Å². The number of hydrogen-bond donors (Lipinski definition) is 3. The molecule has 0 aliphatic rings. The van der Waals surface area contributed by atoms with Crippen LogP contribution in [0.5, 0.6) is 0 Å². The Morgan fingerprint density at radius 3 is 2.55 bits per heavy atom. The molecule has 3 rings (SSSR count). The molecule has 0 fully saturated rings. The number of nitrogens with one attached hydrogen (secondary N) is 2. The third-order valence-corrected chi connectivity index (χ3v) is 4.92. The van der Waals surface area contributed by atoms with Crippen molar-refractivity contribution in [2.75, 3.05) is 6.54 Å². The minimum atomic E-state index is -0.725. The number of aryl methyl sites for hydroxylation is 1. The topological polar surface area (TPSA) is 93.0 Å². The van der Waals surface area contributed by atoms with Gasteiger partial charge in [0.2, 0.25) is 0 Å². The van der Waals surface area contributed by atoms with Crippen LogP contribution in [0.15, 0.2) is 54.7 Å². The lowest BCUT2D eigenvalue weighted by Gasteiger charge is -2.24. The number of hydrogen-bond acceptors (Lipinski definition) is 5. The maximum absolute atomic E-state index is 13.5. The van der Waals surface area contributed by atoms with Crippen molar-refractivity contribution in [3.63, 3.8) is 0 Å². The molecule has 164 valence electrons. The van der Waals surface area contributed by atoms with E-state index in [0.29, 0.717) is 12.1 Å². The molecule has 4 N–H and O–H groups in total. The third-order valence-electron chi connectivity index (χ3n) is 4.92. The van der Waals surface area contributed by atoms with Gasteiger partial charge in [0, 0.05) is 31.4 Å². The first-order valence-electron chi connectivity index (χ1n) is 10.1. The molecule has 0 saturated heterocycles. The van der Waals surface area contributed by atoms with Crippen LogP contribution in [0.2, 0.25) is 0 Å². The van der Waals surface area contributed by atoms with Gasteiger partial charge < -0.3 is 15.8 Å². The van der Waals surface area contributed by atoms with Crippen LogP contribution in [-0.2, 0) is 24.1 Å². The Labute approximate surface area is 179 Å². The predicted molar refractivity (Wildman–Crippen MR) is 113 cm³/mol. The standard InChI is InChI=1S/C23H26F2N4O2/c1-2-15-4-3-5-16(8-15)13-27-14-22(31-23(30)21-6-7-28-29-21)20(26)11-17-9-18(24)12-19(25)10-17/h3-10,12,20,22,27H,2,11,13-14,26H2,1H3,(H,28,29)/t20-,22+/m0/s1. The molecule has 0 spiro atoms. The van der Waals surface area contributed by atoms with Gasteiger partial charge in [-0.2, -0.15) is 5.10 Å². The largest absolute Gasteiger partial charge is 0.455 e. The quantitative estimate of drug-likeness (QED) is 0.432. The van der Waals surface area contributed by atoms with E-state index in [-0.39, 0.29) is 18.7 Å². The maximum atomic E-state index is 13.5. The second kappa shape index (κ2) is 10.8. The summed E-state index contributed by atoms with van der Waals surface area (Å²) in [6.45, 7) is 2.92. The Morgan fingerprint density at radius 1 is 1.13 bits per heavy atom. The number of halogens is 2. The minimum absolute atomic E-state index is 0.141. The van der Waals surface area contributed by atoms with Crippen molar-refractivity contribution in [2.45, 2.75) is 38.5 Å². The van der Waals surface area contributed by atoms with E-state index in [0.717, 1.165) is 18.1 Å². The first kappa shape index (κ1) is 22.6. The Kier molecular flexibility index (Phi) is 7.86. The average Bonchev–Trinajstić information content (AvgIpc) is 3.27. The molecule has 0 amide bonds. The Morgan fingerprint density at radius 2 is 1.87 bits per heavy atom. The van der Waals surface area contributed by atoms with Gasteiger partial charge in [0.1, 0.15) is 23.4 Å². The summed E-state index contributed by atoms with van der Waals surface area (Å²) in [5, 5.41) is 9.56. The van der Waals surface area contributed by atoms with Crippen LogP contribution in [0, 0.1) is 11.6 Å². The van der Waals surface area contributed by atoms with E-state index in [1.807, 2.05) is 12.1 Å². The second-order valence-electron chi connectivity index (χ2n) is 7.36. The van der Waals surface area contributed by atoms with Crippen molar-refractivity contribution in [1.29, 1.82) is 0 Å². The predicted octanol–water partition coefficient (Wildman–Crippen LogP) is 3.14. The van der Waals surface area contributed by atoms with E-state index in [2.05, 4.69) is 34.6 Å². The number of ether oxygens (including phenoxy) is 1. The number of aromatic amines is 1. The summed E-state index contributed by atoms with van der Waals surface area (Å²) in [7, 11) is 0. The van der Waals surface area contributed by atoms with E-state index in [1.165, 1.54) is 30.0 Å². The highest BCUT2D eigenvalue weighted by atomic mass is 19.1. The average molecular weight is 428 g/mol. The van der Waals surface area contributed by atoms with Gasteiger partial charge in [-0.1, -0.05) is 31.2 Å². The fraction of sp³-hybridized carbons (Fsp3) is 0.304. The molecule has 0 unspecified atom stereocenters. The first-order valence-corrected chi connectivity index (χ1v) is 10.1. The molecule has 0 saturated carbocycles. The fourth-order valence-corrected chi connectivity index (χ4v) is 3.30. The zero-order valence-corrected chi connectivity index (χ0v) is 17.3. The Hall–Kier alpha value is -3.10. The zero-order chi connectivity index (χ0) is 22.2. The van der Waals surface area contributed by atoms with Gasteiger partial charge in [-0.05, 0) is 47.7 Å². The summed E-state index contributed by atoms with van der Waals surface area (Å²) in [5.74, 6) is -1.96. The normalized spacial score (nSPS) is 13.0. The molecule has 3 aromatic rings.